The molecular weight excluding hydrogens is 483 g/mol. The number of carbonyl (C=O) groups excluding carboxylic acids is 3. The molecule has 37 heavy (non-hydrogen) atoms. The van der Waals surface area contributed by atoms with Gasteiger partial charge in [0.25, 0.3) is 5.78 Å². The van der Waals surface area contributed by atoms with Gasteiger partial charge in [-0.2, -0.15) is 0 Å². The highest BCUT2D eigenvalue weighted by atomic mass is 19.1. The van der Waals surface area contributed by atoms with Crippen molar-refractivity contribution < 1.29 is 43.2 Å². The first kappa shape index (κ1) is 26.7. The van der Waals surface area contributed by atoms with Crippen molar-refractivity contribution in [3.8, 4) is 0 Å². The number of unbranched alkanes of at least 4 members (excludes halogenated alkanes) is 1. The molecule has 0 unspecified atom stereocenters. The Bertz CT molecular complexity index is 1100. The molecule has 0 spiro atoms. The second-order valence-corrected chi connectivity index (χ2v) is 12.3. The number of fused-ring (bicyclic) bond motifs is 7. The standard InChI is InChI=1S/C28H37FO8/c1-6-7-10-35-23(34)22(33)28-20(36-24(2,3)37-28)13-17-21-18(31)12-15-11-16(30)8-9-25(15,4)27(21,29)19(32)14-26(17,28)5/h8-9,11,17-21,31-32H,6-7,10,12-14H2,1-5H3/t17-,18-,19-,20+,21+,25-,26-,27+,28-/m0/s1. The molecule has 0 bridgehead atoms. The van der Waals surface area contributed by atoms with E-state index in [0.29, 0.717) is 12.0 Å². The minimum absolute atomic E-state index is 0.0557. The van der Waals surface area contributed by atoms with Crippen LogP contribution in [-0.2, 0) is 28.6 Å². The molecule has 2 N–H and O–H groups in total. The summed E-state index contributed by atoms with van der Waals surface area (Å²) in [4.78, 5) is 38.9. The summed E-state index contributed by atoms with van der Waals surface area (Å²) < 4.78 is 35.2. The molecule has 9 heteroatoms. The van der Waals surface area contributed by atoms with Crippen molar-refractivity contribution in [2.75, 3.05) is 6.61 Å². The Morgan fingerprint density at radius 2 is 1.92 bits per heavy atom. The van der Waals surface area contributed by atoms with Crippen LogP contribution < -0.4 is 0 Å². The third-order valence-electron chi connectivity index (χ3n) is 9.90. The van der Waals surface area contributed by atoms with Gasteiger partial charge in [0.1, 0.15) is 0 Å². The van der Waals surface area contributed by atoms with Crippen LogP contribution in [0.1, 0.15) is 66.7 Å². The van der Waals surface area contributed by atoms with E-state index < -0.39 is 69.8 Å². The van der Waals surface area contributed by atoms with Crippen molar-refractivity contribution in [1.82, 2.24) is 0 Å². The van der Waals surface area contributed by atoms with Crippen LogP contribution in [0.2, 0.25) is 0 Å². The molecule has 204 valence electrons. The topological polar surface area (TPSA) is 119 Å². The Balaban J connectivity index is 1.60. The maximum atomic E-state index is 17.5. The number of carbonyl (C=O) groups is 3. The minimum atomic E-state index is -2.32. The quantitative estimate of drug-likeness (QED) is 0.323. The molecule has 1 aliphatic heterocycles. The normalized spacial score (nSPS) is 47.4. The summed E-state index contributed by atoms with van der Waals surface area (Å²) in [6.07, 6.45) is 1.79. The summed E-state index contributed by atoms with van der Waals surface area (Å²) in [5.74, 6) is -5.18. The molecule has 0 aromatic carbocycles. The number of ketones is 2. The molecule has 5 rings (SSSR count). The second-order valence-electron chi connectivity index (χ2n) is 12.3. The van der Waals surface area contributed by atoms with Gasteiger partial charge in [0.05, 0.1) is 24.9 Å². The van der Waals surface area contributed by atoms with Gasteiger partial charge in [0.2, 0.25) is 0 Å². The van der Waals surface area contributed by atoms with Gasteiger partial charge < -0.3 is 24.4 Å². The number of esters is 1. The van der Waals surface area contributed by atoms with Crippen LogP contribution in [0.3, 0.4) is 0 Å². The van der Waals surface area contributed by atoms with Gasteiger partial charge in [-0.3, -0.25) is 9.59 Å². The van der Waals surface area contributed by atoms with Crippen LogP contribution in [0.15, 0.2) is 23.8 Å². The summed E-state index contributed by atoms with van der Waals surface area (Å²) in [5, 5.41) is 22.9. The molecule has 4 aliphatic carbocycles. The Morgan fingerprint density at radius 1 is 1.22 bits per heavy atom. The molecule has 4 fully saturated rings. The van der Waals surface area contributed by atoms with Crippen LogP contribution >= 0.6 is 0 Å². The van der Waals surface area contributed by atoms with E-state index in [2.05, 4.69) is 0 Å². The highest BCUT2D eigenvalue weighted by Gasteiger charge is 2.82. The summed E-state index contributed by atoms with van der Waals surface area (Å²) in [5.41, 5.74) is -6.25. The van der Waals surface area contributed by atoms with Crippen LogP contribution in [0.25, 0.3) is 0 Å². The zero-order valence-corrected chi connectivity index (χ0v) is 22.1. The fourth-order valence-electron chi connectivity index (χ4n) is 8.22. The zero-order valence-electron chi connectivity index (χ0n) is 22.1. The molecular formula is C28H37FO8. The van der Waals surface area contributed by atoms with E-state index in [0.717, 1.165) is 6.42 Å². The van der Waals surface area contributed by atoms with Gasteiger partial charge in [-0.1, -0.05) is 31.9 Å². The van der Waals surface area contributed by atoms with Crippen molar-refractivity contribution in [2.45, 2.75) is 102 Å². The van der Waals surface area contributed by atoms with Gasteiger partial charge in [-0.05, 0) is 64.5 Å². The number of allylic oxidation sites excluding steroid dienone is 3. The fourth-order valence-corrected chi connectivity index (χ4v) is 8.22. The van der Waals surface area contributed by atoms with Gasteiger partial charge >= 0.3 is 5.97 Å². The van der Waals surface area contributed by atoms with E-state index in [-0.39, 0.29) is 31.7 Å². The van der Waals surface area contributed by atoms with Gasteiger partial charge in [0, 0.05) is 16.7 Å². The summed E-state index contributed by atoms with van der Waals surface area (Å²) in [6.45, 7) is 8.69. The third-order valence-corrected chi connectivity index (χ3v) is 9.90. The lowest BCUT2D eigenvalue weighted by Gasteiger charge is -2.63. The Kier molecular flexibility index (Phi) is 5.96. The molecule has 0 aromatic heterocycles. The number of aliphatic hydroxyl groups excluding tert-OH is 2. The van der Waals surface area contributed by atoms with E-state index in [4.69, 9.17) is 14.2 Å². The van der Waals surface area contributed by atoms with Crippen molar-refractivity contribution in [3.63, 3.8) is 0 Å². The third kappa shape index (κ3) is 3.30. The molecule has 1 saturated heterocycles. The smallest absolute Gasteiger partial charge is 0.377 e. The maximum absolute atomic E-state index is 17.5. The van der Waals surface area contributed by atoms with E-state index in [1.165, 1.54) is 18.2 Å². The van der Waals surface area contributed by atoms with Crippen molar-refractivity contribution in [3.05, 3.63) is 23.8 Å². The van der Waals surface area contributed by atoms with Gasteiger partial charge in [0.15, 0.2) is 22.8 Å². The lowest BCUT2D eigenvalue weighted by molar-refractivity contribution is -0.259. The monoisotopic (exact) mass is 520 g/mol. The molecule has 5 aliphatic rings. The number of alkyl halides is 1. The Hall–Kier alpha value is -1.94. The summed E-state index contributed by atoms with van der Waals surface area (Å²) in [7, 11) is 0. The van der Waals surface area contributed by atoms with E-state index in [1.807, 2.05) is 6.92 Å². The number of aliphatic hydroxyl groups is 2. The lowest BCUT2D eigenvalue weighted by Crippen LogP contribution is -2.72. The second kappa shape index (κ2) is 8.28. The van der Waals surface area contributed by atoms with Crippen LogP contribution in [-0.4, -0.2) is 69.7 Å². The van der Waals surface area contributed by atoms with Crippen molar-refractivity contribution >= 4 is 17.5 Å². The molecule has 0 amide bonds. The zero-order chi connectivity index (χ0) is 27.2. The van der Waals surface area contributed by atoms with Crippen molar-refractivity contribution in [1.29, 1.82) is 0 Å². The summed E-state index contributed by atoms with van der Waals surface area (Å²) >= 11 is 0. The number of hydrogen-bond donors (Lipinski definition) is 2. The average molecular weight is 521 g/mol. The largest absolute Gasteiger partial charge is 0.460 e. The van der Waals surface area contributed by atoms with Crippen molar-refractivity contribution in [2.24, 2.45) is 22.7 Å². The first-order valence-corrected chi connectivity index (χ1v) is 13.3. The van der Waals surface area contributed by atoms with E-state index >= 15 is 4.39 Å². The Morgan fingerprint density at radius 3 is 2.59 bits per heavy atom. The predicted molar refractivity (Wildman–Crippen MR) is 129 cm³/mol. The van der Waals surface area contributed by atoms with Gasteiger partial charge in [-0.15, -0.1) is 0 Å². The molecule has 3 saturated carbocycles. The number of hydrogen-bond acceptors (Lipinski definition) is 8. The number of halogens is 1. The molecule has 9 atom stereocenters. The lowest BCUT2D eigenvalue weighted by atomic mass is 9.44. The number of rotatable bonds is 5. The highest BCUT2D eigenvalue weighted by Crippen LogP contribution is 2.72. The fraction of sp³-hybridized carbons (Fsp3) is 0.750. The predicted octanol–water partition coefficient (Wildman–Crippen LogP) is 2.74. The molecule has 0 aromatic rings. The molecule has 8 nitrogen and oxygen atoms in total. The maximum Gasteiger partial charge on any atom is 0.377 e. The number of ether oxygens (including phenoxy) is 3. The van der Waals surface area contributed by atoms with E-state index in [9.17, 15) is 24.6 Å². The van der Waals surface area contributed by atoms with E-state index in [1.54, 1.807) is 27.7 Å². The number of Topliss-reactive ketones (excluding diaryl/α,β-unsaturated/α-hetero) is 1. The summed E-state index contributed by atoms with van der Waals surface area (Å²) in [6, 6.07) is 0. The average Bonchev–Trinajstić information content (AvgIpc) is 3.21. The Labute approximate surface area is 216 Å². The van der Waals surface area contributed by atoms with Crippen LogP contribution in [0.5, 0.6) is 0 Å². The highest BCUT2D eigenvalue weighted by molar-refractivity contribution is 6.37. The SMILES string of the molecule is CCCCOC(=O)C(=O)[C@@]12OC(C)(C)O[C@@H]1C[C@H]1[C@@H]3[C@@H](O)CC4=CC(=O)C=C[C@]4(C)[C@@]3(F)[C@@H](O)C[C@@]12C. The first-order chi connectivity index (χ1) is 17.2. The molecule has 1 heterocycles. The van der Waals surface area contributed by atoms with Crippen LogP contribution in [0.4, 0.5) is 4.39 Å². The molecule has 0 radical (unpaired) electrons. The van der Waals surface area contributed by atoms with Crippen LogP contribution in [0, 0.1) is 22.7 Å². The van der Waals surface area contributed by atoms with Gasteiger partial charge in [-0.25, -0.2) is 9.18 Å². The minimum Gasteiger partial charge on any atom is -0.460 e. The first-order valence-electron chi connectivity index (χ1n) is 13.3.